The number of imidazole rings is 1. The molecule has 0 aromatic carbocycles. The highest BCUT2D eigenvalue weighted by molar-refractivity contribution is 5.07. The van der Waals surface area contributed by atoms with Crippen LogP contribution >= 0.6 is 0 Å². The van der Waals surface area contributed by atoms with E-state index in [0.717, 1.165) is 51.0 Å². The van der Waals surface area contributed by atoms with Crippen LogP contribution in [0.4, 0.5) is 0 Å². The molecule has 0 radical (unpaired) electrons. The van der Waals surface area contributed by atoms with Gasteiger partial charge in [-0.3, -0.25) is 9.58 Å². The molecule has 22 heavy (non-hydrogen) atoms. The van der Waals surface area contributed by atoms with Crippen molar-refractivity contribution in [1.82, 2.24) is 24.2 Å². The molecule has 0 amide bonds. The smallest absolute Gasteiger partial charge is 0.123 e. The van der Waals surface area contributed by atoms with Crippen molar-refractivity contribution in [2.75, 3.05) is 26.3 Å². The quantitative estimate of drug-likeness (QED) is 0.856. The average Bonchev–Trinajstić information content (AvgIpc) is 3.17. The summed E-state index contributed by atoms with van der Waals surface area (Å²) >= 11 is 0. The summed E-state index contributed by atoms with van der Waals surface area (Å²) in [5.41, 5.74) is 1.10. The van der Waals surface area contributed by atoms with E-state index in [2.05, 4.69) is 20.8 Å². The number of nitrogens with zero attached hydrogens (tertiary/aromatic N) is 5. The van der Waals surface area contributed by atoms with E-state index in [0.29, 0.717) is 0 Å². The van der Waals surface area contributed by atoms with E-state index in [1.807, 2.05) is 23.1 Å². The fourth-order valence-corrected chi connectivity index (χ4v) is 3.45. The molecule has 0 spiro atoms. The van der Waals surface area contributed by atoms with Crippen molar-refractivity contribution in [1.29, 1.82) is 0 Å². The minimum Gasteiger partial charge on any atom is -0.381 e. The minimum absolute atomic E-state index is 0.757. The summed E-state index contributed by atoms with van der Waals surface area (Å²) in [5.74, 6) is 1.99. The van der Waals surface area contributed by atoms with E-state index in [9.17, 15) is 0 Å². The first-order chi connectivity index (χ1) is 10.9. The first kappa shape index (κ1) is 14.0. The normalized spacial score (nSPS) is 20.2. The molecule has 6 heteroatoms. The molecule has 1 fully saturated rings. The summed E-state index contributed by atoms with van der Waals surface area (Å²) in [5, 5.41) is 4.26. The monoisotopic (exact) mass is 301 g/mol. The molecule has 1 saturated heterocycles. The van der Waals surface area contributed by atoms with Gasteiger partial charge in [-0.25, -0.2) is 4.98 Å². The average molecular weight is 301 g/mol. The van der Waals surface area contributed by atoms with Gasteiger partial charge in [0, 0.05) is 51.4 Å². The Balaban J connectivity index is 1.39. The Hall–Kier alpha value is -1.66. The third-order valence-electron chi connectivity index (χ3n) is 4.67. The zero-order chi connectivity index (χ0) is 14.8. The van der Waals surface area contributed by atoms with Crippen molar-refractivity contribution in [3.8, 4) is 0 Å². The predicted molar refractivity (Wildman–Crippen MR) is 82.4 cm³/mol. The largest absolute Gasteiger partial charge is 0.381 e. The molecule has 0 atom stereocenters. The van der Waals surface area contributed by atoms with Crippen LogP contribution in [-0.4, -0.2) is 50.5 Å². The lowest BCUT2D eigenvalue weighted by Gasteiger charge is -2.32. The second kappa shape index (κ2) is 6.22. The highest BCUT2D eigenvalue weighted by Crippen LogP contribution is 2.20. The zero-order valence-electron chi connectivity index (χ0n) is 12.9. The standard InChI is InChI=1S/C16H23N5O/c1-4-17-21(5-1)12-15-11-20-7-6-19(13-16(20)18-15)10-14-2-8-22-9-3-14/h1,4-5,11,14H,2-3,6-10,12-13H2. The molecule has 0 N–H and O–H groups in total. The fraction of sp³-hybridized carbons (Fsp3) is 0.625. The second-order valence-corrected chi connectivity index (χ2v) is 6.34. The molecule has 4 heterocycles. The van der Waals surface area contributed by atoms with Crippen molar-refractivity contribution < 1.29 is 4.74 Å². The van der Waals surface area contributed by atoms with E-state index >= 15 is 0 Å². The lowest BCUT2D eigenvalue weighted by Crippen LogP contribution is -2.38. The molecule has 0 unspecified atom stereocenters. The number of hydrogen-bond donors (Lipinski definition) is 0. The Labute approximate surface area is 130 Å². The molecular formula is C16H23N5O. The Morgan fingerprint density at radius 1 is 1.23 bits per heavy atom. The third-order valence-corrected chi connectivity index (χ3v) is 4.67. The molecule has 0 bridgehead atoms. The van der Waals surface area contributed by atoms with Crippen molar-refractivity contribution in [2.45, 2.75) is 32.5 Å². The van der Waals surface area contributed by atoms with Crippen LogP contribution in [0.15, 0.2) is 24.7 Å². The van der Waals surface area contributed by atoms with Gasteiger partial charge in [-0.15, -0.1) is 0 Å². The van der Waals surface area contributed by atoms with Gasteiger partial charge in [-0.1, -0.05) is 0 Å². The van der Waals surface area contributed by atoms with Crippen LogP contribution < -0.4 is 0 Å². The van der Waals surface area contributed by atoms with Crippen molar-refractivity contribution >= 4 is 0 Å². The topological polar surface area (TPSA) is 48.1 Å². The van der Waals surface area contributed by atoms with Gasteiger partial charge in [-0.2, -0.15) is 5.10 Å². The van der Waals surface area contributed by atoms with Gasteiger partial charge in [0.2, 0.25) is 0 Å². The lowest BCUT2D eigenvalue weighted by atomic mass is 9.99. The van der Waals surface area contributed by atoms with E-state index in [1.165, 1.54) is 25.2 Å². The van der Waals surface area contributed by atoms with Crippen LogP contribution in [0.2, 0.25) is 0 Å². The fourth-order valence-electron chi connectivity index (χ4n) is 3.45. The van der Waals surface area contributed by atoms with Gasteiger partial charge >= 0.3 is 0 Å². The first-order valence-electron chi connectivity index (χ1n) is 8.19. The molecule has 2 aliphatic heterocycles. The maximum atomic E-state index is 5.46. The Kier molecular flexibility index (Phi) is 3.95. The first-order valence-corrected chi connectivity index (χ1v) is 8.19. The highest BCUT2D eigenvalue weighted by Gasteiger charge is 2.22. The second-order valence-electron chi connectivity index (χ2n) is 6.34. The van der Waals surface area contributed by atoms with E-state index < -0.39 is 0 Å². The number of fused-ring (bicyclic) bond motifs is 1. The van der Waals surface area contributed by atoms with E-state index in [4.69, 9.17) is 9.72 Å². The van der Waals surface area contributed by atoms with Crippen LogP contribution in [-0.2, 0) is 24.4 Å². The van der Waals surface area contributed by atoms with Gasteiger partial charge in [-0.05, 0) is 24.8 Å². The molecule has 118 valence electrons. The summed E-state index contributed by atoms with van der Waals surface area (Å²) in [7, 11) is 0. The van der Waals surface area contributed by atoms with Crippen LogP contribution in [0.1, 0.15) is 24.4 Å². The number of ether oxygens (including phenoxy) is 1. The molecule has 2 aliphatic rings. The Morgan fingerprint density at radius 3 is 2.95 bits per heavy atom. The predicted octanol–water partition coefficient (Wildman–Crippen LogP) is 1.37. The summed E-state index contributed by atoms with van der Waals surface area (Å²) in [4.78, 5) is 7.36. The van der Waals surface area contributed by atoms with Crippen LogP contribution in [0.3, 0.4) is 0 Å². The van der Waals surface area contributed by atoms with Gasteiger partial charge in [0.15, 0.2) is 0 Å². The van der Waals surface area contributed by atoms with Gasteiger partial charge in [0.25, 0.3) is 0 Å². The lowest BCUT2D eigenvalue weighted by molar-refractivity contribution is 0.0482. The van der Waals surface area contributed by atoms with Crippen LogP contribution in [0.5, 0.6) is 0 Å². The SMILES string of the molecule is c1cnn(Cc2cn3c(n2)CN(CC2CCOCC2)CC3)c1. The number of rotatable bonds is 4. The molecule has 6 nitrogen and oxygen atoms in total. The third kappa shape index (κ3) is 3.08. The van der Waals surface area contributed by atoms with Crippen LogP contribution in [0, 0.1) is 5.92 Å². The minimum atomic E-state index is 0.757. The Morgan fingerprint density at radius 2 is 2.14 bits per heavy atom. The van der Waals surface area contributed by atoms with Crippen molar-refractivity contribution in [2.24, 2.45) is 5.92 Å². The Bertz CT molecular complexity index is 600. The molecule has 2 aromatic rings. The molecule has 2 aromatic heterocycles. The zero-order valence-corrected chi connectivity index (χ0v) is 12.9. The number of aromatic nitrogens is 4. The molecule has 0 aliphatic carbocycles. The van der Waals surface area contributed by atoms with Crippen LogP contribution in [0.25, 0.3) is 0 Å². The summed E-state index contributed by atoms with van der Waals surface area (Å²) in [6.07, 6.45) is 8.38. The van der Waals surface area contributed by atoms with E-state index in [1.54, 1.807) is 0 Å². The molecule has 0 saturated carbocycles. The molecular weight excluding hydrogens is 278 g/mol. The van der Waals surface area contributed by atoms with E-state index in [-0.39, 0.29) is 0 Å². The maximum Gasteiger partial charge on any atom is 0.123 e. The summed E-state index contributed by atoms with van der Waals surface area (Å²) in [6, 6.07) is 1.95. The number of hydrogen-bond acceptors (Lipinski definition) is 4. The summed E-state index contributed by atoms with van der Waals surface area (Å²) in [6.45, 7) is 6.95. The van der Waals surface area contributed by atoms with Gasteiger partial charge in [0.05, 0.1) is 18.8 Å². The van der Waals surface area contributed by atoms with Gasteiger partial charge < -0.3 is 9.30 Å². The summed E-state index contributed by atoms with van der Waals surface area (Å²) < 4.78 is 9.68. The highest BCUT2D eigenvalue weighted by atomic mass is 16.5. The molecule has 4 rings (SSSR count). The van der Waals surface area contributed by atoms with Gasteiger partial charge in [0.1, 0.15) is 5.82 Å². The van der Waals surface area contributed by atoms with Crippen molar-refractivity contribution in [3.05, 3.63) is 36.2 Å². The van der Waals surface area contributed by atoms with Crippen molar-refractivity contribution in [3.63, 3.8) is 0 Å². The maximum absolute atomic E-state index is 5.46.